The van der Waals surface area contributed by atoms with Crippen molar-refractivity contribution in [2.24, 2.45) is 0 Å². The highest BCUT2D eigenvalue weighted by molar-refractivity contribution is 7.94. The van der Waals surface area contributed by atoms with Crippen LogP contribution in [0, 0.1) is 0 Å². The summed E-state index contributed by atoms with van der Waals surface area (Å²) in [6.45, 7) is 3.22. The number of carbonyl (C=O) groups is 1. The molecule has 0 unspecified atom stereocenters. The van der Waals surface area contributed by atoms with Gasteiger partial charge in [0.05, 0.1) is 4.91 Å². The first-order valence-electron chi connectivity index (χ1n) is 3.26. The average molecular weight is 175 g/mol. The number of allylic oxidation sites excluding steroid dienone is 1. The quantitative estimate of drug-likeness (QED) is 0.616. The molecule has 4 nitrogen and oxygen atoms in total. The van der Waals surface area contributed by atoms with E-state index in [0.717, 1.165) is 0 Å². The first kappa shape index (κ1) is 8.26. The Labute approximate surface area is 65.3 Å². The molecule has 1 aliphatic heterocycles. The monoisotopic (exact) mass is 175 g/mol. The predicted octanol–water partition coefficient (Wildman–Crippen LogP) is 0.130. The van der Waals surface area contributed by atoms with E-state index in [2.05, 4.69) is 0 Å². The van der Waals surface area contributed by atoms with Gasteiger partial charge in [-0.25, -0.2) is 13.1 Å². The summed E-state index contributed by atoms with van der Waals surface area (Å²) in [7, 11) is -3.46. The Morgan fingerprint density at radius 3 is 2.18 bits per heavy atom. The highest BCUT2D eigenvalue weighted by Crippen LogP contribution is 2.20. The van der Waals surface area contributed by atoms with E-state index < -0.39 is 15.9 Å². The topological polar surface area (TPSA) is 63.2 Å². The minimum atomic E-state index is -3.46. The van der Waals surface area contributed by atoms with E-state index in [0.29, 0.717) is 12.0 Å². The molecule has 1 N–H and O–H groups in total. The van der Waals surface area contributed by atoms with Gasteiger partial charge in [0.2, 0.25) is 0 Å². The zero-order chi connectivity index (χ0) is 8.65. The van der Waals surface area contributed by atoms with E-state index in [1.165, 1.54) is 6.92 Å². The van der Waals surface area contributed by atoms with Gasteiger partial charge in [-0.15, -0.1) is 0 Å². The molecule has 0 aliphatic carbocycles. The molecule has 0 aromatic rings. The van der Waals surface area contributed by atoms with Crippen molar-refractivity contribution in [2.45, 2.75) is 20.3 Å². The summed E-state index contributed by atoms with van der Waals surface area (Å²) < 4.78 is 24.0. The van der Waals surface area contributed by atoms with Crippen LogP contribution in [0.5, 0.6) is 0 Å². The Hall–Kier alpha value is -0.840. The van der Waals surface area contributed by atoms with E-state index in [1.54, 1.807) is 6.92 Å². The summed E-state index contributed by atoms with van der Waals surface area (Å²) in [4.78, 5) is 11.0. The Bertz CT molecular complexity index is 326. The Morgan fingerprint density at radius 2 is 2.00 bits per heavy atom. The molecule has 0 aromatic heterocycles. The molecule has 0 atom stereocenters. The Kier molecular flexibility index (Phi) is 1.75. The average Bonchev–Trinajstić information content (AvgIpc) is 2.03. The van der Waals surface area contributed by atoms with Crippen LogP contribution in [0.25, 0.3) is 0 Å². The lowest BCUT2D eigenvalue weighted by molar-refractivity contribution is -0.115. The van der Waals surface area contributed by atoms with Crippen LogP contribution >= 0.6 is 0 Å². The van der Waals surface area contributed by atoms with E-state index in [4.69, 9.17) is 0 Å². The van der Waals surface area contributed by atoms with Gasteiger partial charge in [-0.05, 0) is 13.3 Å². The number of hydrogen-bond acceptors (Lipinski definition) is 3. The normalized spacial score (nSPS) is 22.2. The number of rotatable bonds is 1. The number of nitrogens with one attached hydrogen (secondary N) is 1. The molecule has 0 bridgehead atoms. The van der Waals surface area contributed by atoms with Gasteiger partial charge >= 0.3 is 0 Å². The van der Waals surface area contributed by atoms with Crippen LogP contribution in [-0.2, 0) is 14.8 Å². The van der Waals surface area contributed by atoms with Gasteiger partial charge in [0.25, 0.3) is 15.9 Å². The summed E-state index contributed by atoms with van der Waals surface area (Å²) in [5.74, 6) is -0.498. The third kappa shape index (κ3) is 1.16. The van der Waals surface area contributed by atoms with Crippen LogP contribution in [0.3, 0.4) is 0 Å². The fraction of sp³-hybridized carbons (Fsp3) is 0.500. The smallest absolute Gasteiger partial charge is 0.261 e. The van der Waals surface area contributed by atoms with Crippen molar-refractivity contribution < 1.29 is 13.2 Å². The van der Waals surface area contributed by atoms with Crippen molar-refractivity contribution >= 4 is 15.9 Å². The Balaban J connectivity index is 3.28. The van der Waals surface area contributed by atoms with Crippen LogP contribution in [-0.4, -0.2) is 14.3 Å². The predicted molar refractivity (Wildman–Crippen MR) is 40.1 cm³/mol. The molecule has 0 radical (unpaired) electrons. The molecule has 1 amide bonds. The highest BCUT2D eigenvalue weighted by Gasteiger charge is 2.30. The van der Waals surface area contributed by atoms with Crippen molar-refractivity contribution in [1.82, 2.24) is 4.72 Å². The molecular formula is C6H9NO3S. The lowest BCUT2D eigenvalue weighted by Crippen LogP contribution is -2.22. The van der Waals surface area contributed by atoms with Crippen molar-refractivity contribution in [3.05, 3.63) is 10.5 Å². The fourth-order valence-corrected chi connectivity index (χ4v) is 2.44. The van der Waals surface area contributed by atoms with Crippen molar-refractivity contribution in [1.29, 1.82) is 0 Å². The third-order valence-corrected chi connectivity index (χ3v) is 3.33. The number of amides is 1. The molecule has 11 heavy (non-hydrogen) atoms. The van der Waals surface area contributed by atoms with Crippen LogP contribution < -0.4 is 4.72 Å². The fourth-order valence-electron chi connectivity index (χ4n) is 1.04. The van der Waals surface area contributed by atoms with Gasteiger partial charge in [0, 0.05) is 5.57 Å². The van der Waals surface area contributed by atoms with E-state index in [9.17, 15) is 13.2 Å². The van der Waals surface area contributed by atoms with Crippen LogP contribution in [0.1, 0.15) is 20.3 Å². The second-order valence-corrected chi connectivity index (χ2v) is 4.04. The largest absolute Gasteiger partial charge is 0.269 e. The van der Waals surface area contributed by atoms with Crippen LogP contribution in [0.2, 0.25) is 0 Å². The summed E-state index contributed by atoms with van der Waals surface area (Å²) in [5.41, 5.74) is 0.313. The summed E-state index contributed by atoms with van der Waals surface area (Å²) in [6.07, 6.45) is 0.368. The first-order chi connectivity index (χ1) is 4.99. The first-order valence-corrected chi connectivity index (χ1v) is 4.74. The maximum atomic E-state index is 11.0. The van der Waals surface area contributed by atoms with Gasteiger partial charge in [-0.1, -0.05) is 6.92 Å². The van der Waals surface area contributed by atoms with E-state index in [1.807, 2.05) is 4.72 Å². The summed E-state index contributed by atoms with van der Waals surface area (Å²) in [5, 5.41) is 0. The third-order valence-electron chi connectivity index (χ3n) is 1.63. The molecule has 0 fully saturated rings. The molecule has 1 rings (SSSR count). The lowest BCUT2D eigenvalue weighted by Gasteiger charge is -1.95. The Morgan fingerprint density at radius 1 is 1.45 bits per heavy atom. The molecule has 1 aliphatic rings. The minimum Gasteiger partial charge on any atom is -0.269 e. The van der Waals surface area contributed by atoms with Gasteiger partial charge in [-0.2, -0.15) is 0 Å². The SMILES string of the molecule is CCC1=C(C)C(=O)NS1(=O)=O. The molecule has 0 saturated carbocycles. The van der Waals surface area contributed by atoms with Crippen molar-refractivity contribution in [3.63, 3.8) is 0 Å². The second-order valence-electron chi connectivity index (χ2n) is 2.34. The molecular weight excluding hydrogens is 166 g/mol. The van der Waals surface area contributed by atoms with E-state index >= 15 is 0 Å². The lowest BCUT2D eigenvalue weighted by atomic mass is 10.2. The molecule has 1 heterocycles. The zero-order valence-corrected chi connectivity index (χ0v) is 7.16. The summed E-state index contributed by atoms with van der Waals surface area (Å²) in [6, 6.07) is 0. The van der Waals surface area contributed by atoms with Crippen LogP contribution in [0.15, 0.2) is 10.5 Å². The van der Waals surface area contributed by atoms with Gasteiger partial charge in [0.1, 0.15) is 0 Å². The van der Waals surface area contributed by atoms with Gasteiger partial charge in [0.15, 0.2) is 0 Å². The standard InChI is InChI=1S/C6H9NO3S/c1-3-5-4(2)6(8)7-11(5,9)10/h3H2,1-2H3,(H,7,8). The molecule has 62 valence electrons. The highest BCUT2D eigenvalue weighted by atomic mass is 32.2. The maximum Gasteiger partial charge on any atom is 0.261 e. The second kappa shape index (κ2) is 2.34. The molecule has 5 heteroatoms. The number of hydrogen-bond donors (Lipinski definition) is 1. The van der Waals surface area contributed by atoms with Gasteiger partial charge < -0.3 is 0 Å². The van der Waals surface area contributed by atoms with Crippen LogP contribution in [0.4, 0.5) is 0 Å². The maximum absolute atomic E-state index is 11.0. The number of sulfonamides is 1. The summed E-state index contributed by atoms with van der Waals surface area (Å²) >= 11 is 0. The van der Waals surface area contributed by atoms with Crippen molar-refractivity contribution in [3.8, 4) is 0 Å². The molecule has 0 spiro atoms. The van der Waals surface area contributed by atoms with Gasteiger partial charge in [-0.3, -0.25) is 4.79 Å². The number of carbonyl (C=O) groups excluding carboxylic acids is 1. The molecule has 0 saturated heterocycles. The minimum absolute atomic E-state index is 0.211. The van der Waals surface area contributed by atoms with E-state index in [-0.39, 0.29) is 4.91 Å². The zero-order valence-electron chi connectivity index (χ0n) is 6.34. The van der Waals surface area contributed by atoms with Crippen molar-refractivity contribution in [2.75, 3.05) is 0 Å². The molecule has 0 aromatic carbocycles.